The van der Waals surface area contributed by atoms with E-state index in [2.05, 4.69) is 35.9 Å². The molecule has 1 aliphatic rings. The summed E-state index contributed by atoms with van der Waals surface area (Å²) in [5.74, 6) is 0.0931. The fourth-order valence-corrected chi connectivity index (χ4v) is 3.83. The first-order chi connectivity index (χ1) is 12.7. The number of ether oxygens (including phenoxy) is 1. The highest BCUT2D eigenvalue weighted by Crippen LogP contribution is 2.28. The normalized spacial score (nSPS) is 18.4. The van der Waals surface area contributed by atoms with Gasteiger partial charge in [0.25, 0.3) is 0 Å². The Bertz CT molecular complexity index is 947. The summed E-state index contributed by atoms with van der Waals surface area (Å²) >= 11 is 0. The van der Waals surface area contributed by atoms with Crippen molar-refractivity contribution in [3.63, 3.8) is 0 Å². The highest BCUT2D eigenvalue weighted by molar-refractivity contribution is 6.08. The molecule has 26 heavy (non-hydrogen) atoms. The molecule has 5 heteroatoms. The largest absolute Gasteiger partial charge is 0.396 e. The van der Waals surface area contributed by atoms with Gasteiger partial charge in [-0.15, -0.1) is 0 Å². The molecule has 0 spiro atoms. The fraction of sp³-hybridized carbons (Fsp3) is 0.381. The van der Waals surface area contributed by atoms with Crippen molar-refractivity contribution in [1.82, 2.24) is 9.47 Å². The first-order valence-electron chi connectivity index (χ1n) is 9.10. The lowest BCUT2D eigenvalue weighted by Crippen LogP contribution is -2.37. The number of amides is 1. The van der Waals surface area contributed by atoms with E-state index in [-0.39, 0.29) is 18.4 Å². The smallest absolute Gasteiger partial charge is 0.227 e. The number of hydrogen-bond acceptors (Lipinski definition) is 3. The second-order valence-corrected chi connectivity index (χ2v) is 7.07. The molecule has 0 aliphatic carbocycles. The second-order valence-electron chi connectivity index (χ2n) is 7.07. The molecule has 1 aromatic heterocycles. The average molecular weight is 352 g/mol. The number of aryl methyl sites for hydroxylation is 1. The van der Waals surface area contributed by atoms with Crippen molar-refractivity contribution in [2.24, 2.45) is 13.0 Å². The third-order valence-corrected chi connectivity index (χ3v) is 5.28. The molecule has 3 aromatic rings. The Kier molecular flexibility index (Phi) is 4.66. The molecule has 1 aliphatic heterocycles. The zero-order chi connectivity index (χ0) is 18.1. The highest BCUT2D eigenvalue weighted by atomic mass is 16.5. The van der Waals surface area contributed by atoms with Gasteiger partial charge in [0.1, 0.15) is 0 Å². The summed E-state index contributed by atoms with van der Waals surface area (Å²) < 4.78 is 7.67. The zero-order valence-corrected chi connectivity index (χ0v) is 15.0. The van der Waals surface area contributed by atoms with E-state index in [0.717, 1.165) is 5.56 Å². The van der Waals surface area contributed by atoms with Crippen LogP contribution in [0.25, 0.3) is 21.8 Å². The number of para-hydroxylation sites is 1. The first-order valence-corrected chi connectivity index (χ1v) is 9.10. The Labute approximate surface area is 152 Å². The number of hydrogen-bond donors (Lipinski definition) is 1. The van der Waals surface area contributed by atoms with Crippen LogP contribution in [0.5, 0.6) is 0 Å². The van der Waals surface area contributed by atoms with Gasteiger partial charge in [0.15, 0.2) is 0 Å². The molecule has 1 fully saturated rings. The molecule has 0 saturated carbocycles. The number of fused-ring (bicyclic) bond motifs is 3. The predicted octanol–water partition coefficient (Wildman–Crippen LogP) is 2.34. The van der Waals surface area contributed by atoms with Gasteiger partial charge in [0.2, 0.25) is 5.91 Å². The molecule has 0 unspecified atom stereocenters. The zero-order valence-electron chi connectivity index (χ0n) is 15.0. The minimum absolute atomic E-state index is 0.00185. The molecular weight excluding hydrogens is 328 g/mol. The topological polar surface area (TPSA) is 54.7 Å². The summed E-state index contributed by atoms with van der Waals surface area (Å²) in [5.41, 5.74) is 3.39. The van der Waals surface area contributed by atoms with Gasteiger partial charge in [0, 0.05) is 54.5 Å². The average Bonchev–Trinajstić information content (AvgIpc) is 2.83. The Balaban J connectivity index is 1.61. The van der Waals surface area contributed by atoms with E-state index in [4.69, 9.17) is 4.74 Å². The lowest BCUT2D eigenvalue weighted by molar-refractivity contribution is -0.131. The molecule has 4 rings (SSSR count). The molecule has 1 N–H and O–H groups in total. The van der Waals surface area contributed by atoms with Crippen molar-refractivity contribution in [2.45, 2.75) is 6.42 Å². The molecule has 0 bridgehead atoms. The van der Waals surface area contributed by atoms with Crippen LogP contribution in [-0.2, 0) is 23.0 Å². The molecule has 0 radical (unpaired) electrons. The van der Waals surface area contributed by atoms with Crippen molar-refractivity contribution < 1.29 is 14.6 Å². The van der Waals surface area contributed by atoms with E-state index in [1.165, 1.54) is 21.8 Å². The summed E-state index contributed by atoms with van der Waals surface area (Å²) in [6.45, 7) is 2.25. The van der Waals surface area contributed by atoms with Crippen LogP contribution in [0.4, 0.5) is 0 Å². The lowest BCUT2D eigenvalue weighted by Gasteiger charge is -2.22. The van der Waals surface area contributed by atoms with E-state index in [9.17, 15) is 9.90 Å². The summed E-state index contributed by atoms with van der Waals surface area (Å²) in [5, 5.41) is 11.8. The van der Waals surface area contributed by atoms with Gasteiger partial charge in [-0.05, 0) is 23.8 Å². The molecule has 2 heterocycles. The Morgan fingerprint density at radius 1 is 1.19 bits per heavy atom. The number of rotatable bonds is 3. The van der Waals surface area contributed by atoms with Gasteiger partial charge in [-0.3, -0.25) is 4.79 Å². The Hall–Kier alpha value is -2.37. The molecule has 1 saturated heterocycles. The maximum Gasteiger partial charge on any atom is 0.227 e. The number of aromatic nitrogens is 1. The molecular formula is C21H24N2O3. The van der Waals surface area contributed by atoms with Crippen LogP contribution in [0.15, 0.2) is 42.5 Å². The fourth-order valence-electron chi connectivity index (χ4n) is 3.83. The van der Waals surface area contributed by atoms with Crippen LogP contribution in [0, 0.1) is 5.92 Å². The second kappa shape index (κ2) is 7.09. The molecule has 5 nitrogen and oxygen atoms in total. The monoisotopic (exact) mass is 352 g/mol. The first kappa shape index (κ1) is 17.1. The molecule has 2 aromatic carbocycles. The van der Waals surface area contributed by atoms with Crippen LogP contribution in [0.2, 0.25) is 0 Å². The van der Waals surface area contributed by atoms with Gasteiger partial charge < -0.3 is 19.3 Å². The van der Waals surface area contributed by atoms with Crippen LogP contribution >= 0.6 is 0 Å². The maximum atomic E-state index is 12.8. The van der Waals surface area contributed by atoms with E-state index in [1.807, 2.05) is 23.1 Å². The van der Waals surface area contributed by atoms with Gasteiger partial charge in [-0.1, -0.05) is 24.3 Å². The number of aliphatic hydroxyl groups is 1. The number of nitrogens with zero attached hydrogens (tertiary/aromatic N) is 2. The SMILES string of the molecule is Cn1c2ccccc2c2cc(CC(=O)N3CCOC[C@H](CO)C3)ccc21. The molecule has 136 valence electrons. The standard InChI is InChI=1S/C21H24N2O3/c1-22-19-5-3-2-4-17(19)18-10-15(6-7-20(18)22)11-21(25)23-8-9-26-14-16(12-23)13-24/h2-7,10,16,24H,8-9,11-14H2,1H3/t16-/m0/s1. The summed E-state index contributed by atoms with van der Waals surface area (Å²) in [7, 11) is 2.07. The van der Waals surface area contributed by atoms with Gasteiger partial charge in [0.05, 0.1) is 19.6 Å². The van der Waals surface area contributed by atoms with Crippen molar-refractivity contribution >= 4 is 27.7 Å². The Morgan fingerprint density at radius 3 is 2.85 bits per heavy atom. The van der Waals surface area contributed by atoms with Crippen molar-refractivity contribution in [1.29, 1.82) is 0 Å². The maximum absolute atomic E-state index is 12.8. The van der Waals surface area contributed by atoms with Crippen molar-refractivity contribution in [3.05, 3.63) is 48.0 Å². The third kappa shape index (κ3) is 3.08. The lowest BCUT2D eigenvalue weighted by atomic mass is 10.1. The number of carbonyl (C=O) groups excluding carboxylic acids is 1. The minimum Gasteiger partial charge on any atom is -0.396 e. The van der Waals surface area contributed by atoms with Crippen LogP contribution in [-0.4, -0.2) is 53.4 Å². The van der Waals surface area contributed by atoms with E-state index >= 15 is 0 Å². The van der Waals surface area contributed by atoms with Gasteiger partial charge >= 0.3 is 0 Å². The van der Waals surface area contributed by atoms with Gasteiger partial charge in [-0.2, -0.15) is 0 Å². The molecule has 1 amide bonds. The van der Waals surface area contributed by atoms with Crippen molar-refractivity contribution in [3.8, 4) is 0 Å². The highest BCUT2D eigenvalue weighted by Gasteiger charge is 2.22. The van der Waals surface area contributed by atoms with Crippen LogP contribution < -0.4 is 0 Å². The molecule has 1 atom stereocenters. The van der Waals surface area contributed by atoms with E-state index in [1.54, 1.807) is 0 Å². The summed E-state index contributed by atoms with van der Waals surface area (Å²) in [6.07, 6.45) is 0.372. The quantitative estimate of drug-likeness (QED) is 0.787. The number of carbonyl (C=O) groups is 1. The van der Waals surface area contributed by atoms with Gasteiger partial charge in [-0.25, -0.2) is 0 Å². The number of aliphatic hydroxyl groups excluding tert-OH is 1. The summed E-state index contributed by atoms with van der Waals surface area (Å²) in [6, 6.07) is 14.6. The van der Waals surface area contributed by atoms with E-state index in [0.29, 0.717) is 32.7 Å². The Morgan fingerprint density at radius 2 is 2.00 bits per heavy atom. The van der Waals surface area contributed by atoms with Crippen LogP contribution in [0.3, 0.4) is 0 Å². The van der Waals surface area contributed by atoms with Crippen LogP contribution in [0.1, 0.15) is 5.56 Å². The predicted molar refractivity (Wildman–Crippen MR) is 102 cm³/mol. The van der Waals surface area contributed by atoms with Crippen molar-refractivity contribution in [2.75, 3.05) is 32.9 Å². The number of benzene rings is 2. The van der Waals surface area contributed by atoms with E-state index < -0.39 is 0 Å². The minimum atomic E-state index is 0.00185. The summed E-state index contributed by atoms with van der Waals surface area (Å²) in [4.78, 5) is 14.6. The third-order valence-electron chi connectivity index (χ3n) is 5.28.